The van der Waals surface area contributed by atoms with Crippen LogP contribution < -0.4 is 10.5 Å². The SMILES string of the molecule is CC(CC(N)=O)C(Oc1cc2cnn(-c3ccc(F)cc3)c2cc1Cl)c1ccc(F)cc1. The highest BCUT2D eigenvalue weighted by atomic mass is 35.5. The molecule has 0 bridgehead atoms. The minimum Gasteiger partial charge on any atom is -0.484 e. The summed E-state index contributed by atoms with van der Waals surface area (Å²) in [5.74, 6) is -1.07. The fourth-order valence-electron chi connectivity index (χ4n) is 3.63. The van der Waals surface area contributed by atoms with Gasteiger partial charge in [-0.05, 0) is 54.1 Å². The van der Waals surface area contributed by atoms with Gasteiger partial charge in [0.15, 0.2) is 0 Å². The average Bonchev–Trinajstić information content (AvgIpc) is 3.15. The number of primary amides is 1. The smallest absolute Gasteiger partial charge is 0.217 e. The molecule has 2 N–H and O–H groups in total. The number of nitrogens with zero attached hydrogens (tertiary/aromatic N) is 2. The first-order valence-corrected chi connectivity index (χ1v) is 10.3. The van der Waals surface area contributed by atoms with Crippen molar-refractivity contribution in [2.75, 3.05) is 0 Å². The first kappa shape index (κ1) is 21.8. The summed E-state index contributed by atoms with van der Waals surface area (Å²) in [6.07, 6.45) is 1.16. The lowest BCUT2D eigenvalue weighted by Gasteiger charge is -2.25. The van der Waals surface area contributed by atoms with Crippen LogP contribution in [0, 0.1) is 17.6 Å². The molecule has 1 aromatic heterocycles. The second kappa shape index (κ2) is 8.96. The molecular formula is C24H20ClF2N3O2. The topological polar surface area (TPSA) is 70.1 Å². The van der Waals surface area contributed by atoms with E-state index in [2.05, 4.69) is 5.10 Å². The van der Waals surface area contributed by atoms with E-state index in [0.29, 0.717) is 22.0 Å². The fraction of sp³-hybridized carbons (Fsp3) is 0.167. The normalized spacial score (nSPS) is 13.1. The Morgan fingerprint density at radius 3 is 2.34 bits per heavy atom. The monoisotopic (exact) mass is 455 g/mol. The van der Waals surface area contributed by atoms with E-state index in [1.165, 1.54) is 24.3 Å². The van der Waals surface area contributed by atoms with Crippen LogP contribution in [0.3, 0.4) is 0 Å². The quantitative estimate of drug-likeness (QED) is 0.395. The van der Waals surface area contributed by atoms with E-state index in [0.717, 1.165) is 10.9 Å². The molecule has 0 saturated heterocycles. The Balaban J connectivity index is 1.70. The molecule has 1 heterocycles. The second-order valence-electron chi connectivity index (χ2n) is 7.61. The van der Waals surface area contributed by atoms with Gasteiger partial charge in [-0.2, -0.15) is 5.10 Å². The summed E-state index contributed by atoms with van der Waals surface area (Å²) in [6.45, 7) is 1.83. The van der Waals surface area contributed by atoms with Crippen LogP contribution in [0.5, 0.6) is 5.75 Å². The highest BCUT2D eigenvalue weighted by Crippen LogP contribution is 2.37. The van der Waals surface area contributed by atoms with Crippen LogP contribution in [0.4, 0.5) is 8.78 Å². The van der Waals surface area contributed by atoms with Crippen LogP contribution in [-0.2, 0) is 4.79 Å². The zero-order chi connectivity index (χ0) is 22.8. The van der Waals surface area contributed by atoms with Gasteiger partial charge in [0.05, 0.1) is 22.4 Å². The number of carbonyl (C=O) groups excluding carboxylic acids is 1. The Hall–Kier alpha value is -3.45. The summed E-state index contributed by atoms with van der Waals surface area (Å²) in [7, 11) is 0. The molecule has 4 rings (SSSR count). The number of hydrogen-bond acceptors (Lipinski definition) is 3. The first-order chi connectivity index (χ1) is 15.3. The number of rotatable bonds is 7. The van der Waals surface area contributed by atoms with Gasteiger partial charge in [0.2, 0.25) is 5.91 Å². The largest absolute Gasteiger partial charge is 0.484 e. The second-order valence-corrected chi connectivity index (χ2v) is 8.02. The minimum absolute atomic E-state index is 0.0877. The van der Waals surface area contributed by atoms with E-state index < -0.39 is 12.0 Å². The van der Waals surface area contributed by atoms with Crippen LogP contribution in [0.1, 0.15) is 25.0 Å². The molecule has 0 fully saturated rings. The molecule has 0 aliphatic heterocycles. The molecular weight excluding hydrogens is 436 g/mol. The molecule has 0 spiro atoms. The van der Waals surface area contributed by atoms with Crippen molar-refractivity contribution in [3.63, 3.8) is 0 Å². The third kappa shape index (κ3) is 4.57. The van der Waals surface area contributed by atoms with Crippen molar-refractivity contribution < 1.29 is 18.3 Å². The highest BCUT2D eigenvalue weighted by molar-refractivity contribution is 6.32. The Morgan fingerprint density at radius 1 is 1.09 bits per heavy atom. The fourth-order valence-corrected chi connectivity index (χ4v) is 3.83. The molecule has 0 saturated carbocycles. The molecule has 0 aliphatic rings. The molecule has 0 radical (unpaired) electrons. The van der Waals surface area contributed by atoms with Crippen molar-refractivity contribution >= 4 is 28.4 Å². The Kier molecular flexibility index (Phi) is 6.10. The van der Waals surface area contributed by atoms with E-state index in [1.807, 2.05) is 6.92 Å². The van der Waals surface area contributed by atoms with Gasteiger partial charge in [0.25, 0.3) is 0 Å². The zero-order valence-electron chi connectivity index (χ0n) is 17.1. The van der Waals surface area contributed by atoms with Crippen molar-refractivity contribution in [3.8, 4) is 11.4 Å². The summed E-state index contributed by atoms with van der Waals surface area (Å²) in [5.41, 5.74) is 7.48. The maximum Gasteiger partial charge on any atom is 0.217 e. The average molecular weight is 456 g/mol. The van der Waals surface area contributed by atoms with Crippen molar-refractivity contribution in [2.24, 2.45) is 11.7 Å². The van der Waals surface area contributed by atoms with Gasteiger partial charge in [-0.3, -0.25) is 4.79 Å². The van der Waals surface area contributed by atoms with E-state index >= 15 is 0 Å². The molecule has 32 heavy (non-hydrogen) atoms. The van der Waals surface area contributed by atoms with Gasteiger partial charge in [-0.15, -0.1) is 0 Å². The number of hydrogen-bond donors (Lipinski definition) is 1. The molecule has 5 nitrogen and oxygen atoms in total. The van der Waals surface area contributed by atoms with Crippen molar-refractivity contribution in [1.29, 1.82) is 0 Å². The Labute approximate surface area is 188 Å². The molecule has 2 atom stereocenters. The number of aromatic nitrogens is 2. The Morgan fingerprint density at radius 2 is 1.72 bits per heavy atom. The van der Waals surface area contributed by atoms with Crippen molar-refractivity contribution in [2.45, 2.75) is 19.4 Å². The van der Waals surface area contributed by atoms with Gasteiger partial charge in [0.1, 0.15) is 23.5 Å². The van der Waals surface area contributed by atoms with E-state index in [9.17, 15) is 13.6 Å². The first-order valence-electron chi connectivity index (χ1n) is 9.95. The van der Waals surface area contributed by atoms with Crippen LogP contribution in [0.25, 0.3) is 16.6 Å². The zero-order valence-corrected chi connectivity index (χ0v) is 17.9. The molecule has 8 heteroatoms. The third-order valence-corrected chi connectivity index (χ3v) is 5.48. The van der Waals surface area contributed by atoms with Crippen LogP contribution in [-0.4, -0.2) is 15.7 Å². The third-order valence-electron chi connectivity index (χ3n) is 5.19. The number of amides is 1. The molecule has 0 aliphatic carbocycles. The van der Waals surface area contributed by atoms with Gasteiger partial charge < -0.3 is 10.5 Å². The molecule has 2 unspecified atom stereocenters. The van der Waals surface area contributed by atoms with Crippen molar-refractivity contribution in [1.82, 2.24) is 9.78 Å². The minimum atomic E-state index is -0.579. The lowest BCUT2D eigenvalue weighted by molar-refractivity contribution is -0.119. The molecule has 1 amide bonds. The molecule has 4 aromatic rings. The maximum absolute atomic E-state index is 13.4. The van der Waals surface area contributed by atoms with Gasteiger partial charge in [0, 0.05) is 17.7 Å². The number of ether oxygens (including phenoxy) is 1. The summed E-state index contributed by atoms with van der Waals surface area (Å²) in [4.78, 5) is 11.5. The van der Waals surface area contributed by atoms with Crippen LogP contribution in [0.15, 0.2) is 66.9 Å². The van der Waals surface area contributed by atoms with Crippen LogP contribution >= 0.6 is 11.6 Å². The van der Waals surface area contributed by atoms with Crippen LogP contribution in [0.2, 0.25) is 5.02 Å². The van der Waals surface area contributed by atoms with Crippen molar-refractivity contribution in [3.05, 3.63) is 89.1 Å². The molecule has 164 valence electrons. The molecule has 3 aromatic carbocycles. The number of carbonyl (C=O) groups is 1. The summed E-state index contributed by atoms with van der Waals surface area (Å²) < 4.78 is 34.6. The predicted octanol–water partition coefficient (Wildman–Crippen LogP) is 5.59. The summed E-state index contributed by atoms with van der Waals surface area (Å²) in [6, 6.07) is 15.3. The lowest BCUT2D eigenvalue weighted by Crippen LogP contribution is -2.23. The van der Waals surface area contributed by atoms with Gasteiger partial charge >= 0.3 is 0 Å². The lowest BCUT2D eigenvalue weighted by atomic mass is 9.94. The maximum atomic E-state index is 13.4. The number of benzene rings is 3. The number of fused-ring (bicyclic) bond motifs is 1. The Bertz CT molecular complexity index is 1260. The number of halogens is 3. The van der Waals surface area contributed by atoms with E-state index in [4.69, 9.17) is 22.1 Å². The van der Waals surface area contributed by atoms with Gasteiger partial charge in [-0.25, -0.2) is 13.5 Å². The van der Waals surface area contributed by atoms with E-state index in [-0.39, 0.29) is 24.0 Å². The predicted molar refractivity (Wildman–Crippen MR) is 119 cm³/mol. The highest BCUT2D eigenvalue weighted by Gasteiger charge is 2.24. The summed E-state index contributed by atoms with van der Waals surface area (Å²) >= 11 is 6.53. The number of nitrogens with two attached hydrogens (primary N) is 1. The van der Waals surface area contributed by atoms with Gasteiger partial charge in [-0.1, -0.05) is 30.7 Å². The standard InChI is InChI=1S/C24H20ClF2N3O2/c1-14(10-23(28)31)24(15-2-4-17(26)5-3-15)32-22-11-16-13-29-30(21(16)12-20(22)25)19-8-6-18(27)7-9-19/h2-9,11-14,24H,10H2,1H3,(H2,28,31). The summed E-state index contributed by atoms with van der Waals surface area (Å²) in [5, 5.41) is 5.47. The van der Waals surface area contributed by atoms with E-state index in [1.54, 1.807) is 47.3 Å².